The van der Waals surface area contributed by atoms with E-state index in [1.807, 2.05) is 71.3 Å². The van der Waals surface area contributed by atoms with Crippen molar-refractivity contribution >= 4 is 45.7 Å². The number of benzene rings is 4. The average molecular weight is 738 g/mol. The van der Waals surface area contributed by atoms with Crippen LogP contribution in [0.4, 0.5) is 0 Å². The molecule has 7 rings (SSSR count). The first kappa shape index (κ1) is 30.0. The second kappa shape index (κ2) is 12.6. The fourth-order valence-electron chi connectivity index (χ4n) is 6.21. The highest BCUT2D eigenvalue weighted by atomic mass is 127. The summed E-state index contributed by atoms with van der Waals surface area (Å²) < 4.78 is 20.9. The Balaban J connectivity index is 1.34. The van der Waals surface area contributed by atoms with Gasteiger partial charge in [0.15, 0.2) is 16.3 Å². The number of hydrogen-bond donors (Lipinski definition) is 0. The second-order valence-corrected chi connectivity index (χ2v) is 13.1. The third-order valence-electron chi connectivity index (χ3n) is 8.37. The summed E-state index contributed by atoms with van der Waals surface area (Å²) in [5.41, 5.74) is 7.46. The van der Waals surface area contributed by atoms with Crippen molar-refractivity contribution in [3.05, 3.63) is 147 Å². The second-order valence-electron chi connectivity index (χ2n) is 10.9. The molecule has 1 aromatic heterocycles. The van der Waals surface area contributed by atoms with Crippen molar-refractivity contribution in [3.8, 4) is 23.3 Å². The van der Waals surface area contributed by atoms with Crippen molar-refractivity contribution < 1.29 is 14.2 Å². The molecule has 0 saturated carbocycles. The van der Waals surface area contributed by atoms with Crippen LogP contribution in [0.2, 0.25) is 0 Å². The Morgan fingerprint density at radius 2 is 1.76 bits per heavy atom. The van der Waals surface area contributed by atoms with Gasteiger partial charge in [0.2, 0.25) is 0 Å². The van der Waals surface area contributed by atoms with E-state index in [1.165, 1.54) is 16.9 Å². The molecule has 228 valence electrons. The summed E-state index contributed by atoms with van der Waals surface area (Å²) in [4.78, 5) is 20.1. The van der Waals surface area contributed by atoms with Gasteiger partial charge in [0.25, 0.3) is 5.56 Å². The number of fused-ring (bicyclic) bond motifs is 3. The SMILES string of the molecule is COc1ccccc1[C@@H]1C2=C(N=c3s/c(=C\c4cc(I)c(OCc5ccccc5C#N)c(OC)c4)c(=O)n31)c1ccccc1CC2. The maximum Gasteiger partial charge on any atom is 0.271 e. The van der Waals surface area contributed by atoms with Crippen molar-refractivity contribution in [1.29, 1.82) is 5.26 Å². The van der Waals surface area contributed by atoms with Gasteiger partial charge in [-0.05, 0) is 82.5 Å². The van der Waals surface area contributed by atoms with E-state index in [9.17, 15) is 10.1 Å². The minimum atomic E-state index is -0.334. The van der Waals surface area contributed by atoms with Crippen LogP contribution in [0.1, 0.15) is 45.8 Å². The maximum absolute atomic E-state index is 14.3. The number of aromatic nitrogens is 1. The van der Waals surface area contributed by atoms with E-state index in [2.05, 4.69) is 46.9 Å². The lowest BCUT2D eigenvalue weighted by atomic mass is 9.83. The van der Waals surface area contributed by atoms with Crippen molar-refractivity contribution in [2.45, 2.75) is 25.5 Å². The van der Waals surface area contributed by atoms with E-state index >= 15 is 0 Å². The molecule has 0 amide bonds. The molecule has 1 aliphatic heterocycles. The van der Waals surface area contributed by atoms with E-state index in [4.69, 9.17) is 19.2 Å². The molecule has 1 atom stereocenters. The Labute approximate surface area is 283 Å². The van der Waals surface area contributed by atoms with Gasteiger partial charge >= 0.3 is 0 Å². The largest absolute Gasteiger partial charge is 0.496 e. The van der Waals surface area contributed by atoms with Crippen molar-refractivity contribution in [1.82, 2.24) is 4.57 Å². The molecule has 0 radical (unpaired) electrons. The molecule has 0 spiro atoms. The van der Waals surface area contributed by atoms with Crippen LogP contribution in [0.15, 0.2) is 100 Å². The lowest BCUT2D eigenvalue weighted by Crippen LogP contribution is -2.39. The topological polar surface area (TPSA) is 85.8 Å². The third-order valence-corrected chi connectivity index (χ3v) is 10.2. The molecular weight excluding hydrogens is 709 g/mol. The number of halogens is 1. The van der Waals surface area contributed by atoms with Gasteiger partial charge in [0, 0.05) is 16.7 Å². The average Bonchev–Trinajstić information content (AvgIpc) is 3.40. The van der Waals surface area contributed by atoms with E-state index < -0.39 is 0 Å². The van der Waals surface area contributed by atoms with E-state index in [1.54, 1.807) is 20.3 Å². The van der Waals surface area contributed by atoms with Gasteiger partial charge < -0.3 is 14.2 Å². The molecule has 0 saturated heterocycles. The van der Waals surface area contributed by atoms with Crippen LogP contribution in [0, 0.1) is 14.9 Å². The lowest BCUT2D eigenvalue weighted by molar-refractivity contribution is 0.282. The first-order valence-electron chi connectivity index (χ1n) is 14.7. The van der Waals surface area contributed by atoms with Gasteiger partial charge in [-0.25, -0.2) is 4.99 Å². The zero-order valence-electron chi connectivity index (χ0n) is 25.1. The van der Waals surface area contributed by atoms with Gasteiger partial charge in [0.05, 0.1) is 45.7 Å². The zero-order chi connectivity index (χ0) is 31.8. The summed E-state index contributed by atoms with van der Waals surface area (Å²) in [6.45, 7) is 0.227. The number of thiazole rings is 1. The number of nitriles is 1. The molecule has 4 aromatic carbocycles. The Morgan fingerprint density at radius 1 is 1.00 bits per heavy atom. The van der Waals surface area contributed by atoms with Gasteiger partial charge in [-0.2, -0.15) is 5.26 Å². The molecule has 0 N–H and O–H groups in total. The fraction of sp³-hybridized carbons (Fsp3) is 0.162. The van der Waals surface area contributed by atoms with Crippen LogP contribution in [-0.2, 0) is 13.0 Å². The summed E-state index contributed by atoms with van der Waals surface area (Å²) in [5, 5.41) is 9.46. The zero-order valence-corrected chi connectivity index (χ0v) is 28.1. The minimum absolute atomic E-state index is 0.104. The monoisotopic (exact) mass is 737 g/mol. The van der Waals surface area contributed by atoms with Gasteiger partial charge in [0.1, 0.15) is 12.4 Å². The predicted molar refractivity (Wildman–Crippen MR) is 187 cm³/mol. The Morgan fingerprint density at radius 3 is 2.59 bits per heavy atom. The van der Waals surface area contributed by atoms with Gasteiger partial charge in [-0.3, -0.25) is 9.36 Å². The number of ether oxygens (including phenoxy) is 3. The Bertz CT molecular complexity index is 2260. The minimum Gasteiger partial charge on any atom is -0.496 e. The molecule has 9 heteroatoms. The normalized spacial score (nSPS) is 15.3. The standard InChI is InChI=1S/C37H28IN3O4S/c1-43-30-14-8-7-13-27(30)34-28-16-15-23-9-5-6-12-26(23)33(28)40-37-41(34)36(42)32(46-37)19-22-17-29(38)35(31(18-22)44-2)45-21-25-11-4-3-10-24(25)20-39/h3-14,17-19,34H,15-16,21H2,1-2H3/b32-19-/t34-/m1/s1. The quantitative estimate of drug-likeness (QED) is 0.181. The number of para-hydroxylation sites is 1. The van der Waals surface area contributed by atoms with Crippen LogP contribution >= 0.6 is 33.9 Å². The number of rotatable bonds is 7. The van der Waals surface area contributed by atoms with E-state index in [0.29, 0.717) is 26.4 Å². The van der Waals surface area contributed by atoms with Crippen molar-refractivity contribution in [2.75, 3.05) is 14.2 Å². The van der Waals surface area contributed by atoms with E-state index in [0.717, 1.165) is 55.7 Å². The first-order chi connectivity index (χ1) is 22.5. The molecule has 2 aliphatic rings. The molecule has 0 unspecified atom stereocenters. The molecular formula is C37H28IN3O4S. The predicted octanol–water partition coefficient (Wildman–Crippen LogP) is 6.39. The molecule has 1 aliphatic carbocycles. The number of nitrogens with zero attached hydrogens (tertiary/aromatic N) is 3. The number of methoxy groups -OCH3 is 2. The fourth-order valence-corrected chi connectivity index (χ4v) is 7.99. The highest BCUT2D eigenvalue weighted by Crippen LogP contribution is 2.43. The summed E-state index contributed by atoms with van der Waals surface area (Å²) >= 11 is 3.60. The van der Waals surface area contributed by atoms with Gasteiger partial charge in [-0.1, -0.05) is 72.0 Å². The molecule has 5 aromatic rings. The summed E-state index contributed by atoms with van der Waals surface area (Å²) in [7, 11) is 3.26. The summed E-state index contributed by atoms with van der Waals surface area (Å²) in [6, 6.07) is 29.4. The van der Waals surface area contributed by atoms with Crippen molar-refractivity contribution in [2.24, 2.45) is 4.99 Å². The lowest BCUT2D eigenvalue weighted by Gasteiger charge is -2.31. The number of allylic oxidation sites excluding steroid dienone is 1. The molecule has 0 fully saturated rings. The van der Waals surface area contributed by atoms with Crippen LogP contribution in [0.5, 0.6) is 17.2 Å². The van der Waals surface area contributed by atoms with E-state index in [-0.39, 0.29) is 18.2 Å². The van der Waals surface area contributed by atoms with Gasteiger partial charge in [-0.15, -0.1) is 0 Å². The van der Waals surface area contributed by atoms with Crippen LogP contribution in [-0.4, -0.2) is 18.8 Å². The molecule has 2 heterocycles. The highest BCUT2D eigenvalue weighted by Gasteiger charge is 2.34. The third kappa shape index (κ3) is 5.31. The maximum atomic E-state index is 14.3. The Hall–Kier alpha value is -4.66. The first-order valence-corrected chi connectivity index (χ1v) is 16.6. The smallest absolute Gasteiger partial charge is 0.271 e. The molecule has 0 bridgehead atoms. The van der Waals surface area contributed by atoms with Crippen LogP contribution < -0.4 is 29.1 Å². The molecule has 46 heavy (non-hydrogen) atoms. The highest BCUT2D eigenvalue weighted by molar-refractivity contribution is 14.1. The van der Waals surface area contributed by atoms with Crippen LogP contribution in [0.25, 0.3) is 11.8 Å². The summed E-state index contributed by atoms with van der Waals surface area (Å²) in [6.07, 6.45) is 3.58. The molecule has 7 nitrogen and oxygen atoms in total. The summed E-state index contributed by atoms with van der Waals surface area (Å²) in [5.74, 6) is 1.86. The van der Waals surface area contributed by atoms with Crippen molar-refractivity contribution in [3.63, 3.8) is 0 Å². The number of hydrogen-bond acceptors (Lipinski definition) is 7. The Kier molecular flexibility index (Phi) is 8.23. The number of aryl methyl sites for hydroxylation is 1. The van der Waals surface area contributed by atoms with Crippen LogP contribution in [0.3, 0.4) is 0 Å².